The van der Waals surface area contributed by atoms with Crippen molar-refractivity contribution in [2.24, 2.45) is 0 Å². The molecule has 3 rings (SSSR count). The number of aromatic nitrogens is 2. The Balaban J connectivity index is 0.00000208. The van der Waals surface area contributed by atoms with Gasteiger partial charge < -0.3 is 14.6 Å². The second kappa shape index (κ2) is 8.10. The van der Waals surface area contributed by atoms with Crippen LogP contribution in [0.15, 0.2) is 28.8 Å². The zero-order chi connectivity index (χ0) is 16.3. The fourth-order valence-corrected chi connectivity index (χ4v) is 3.34. The topological polar surface area (TPSA) is 60.2 Å². The van der Waals surface area contributed by atoms with Gasteiger partial charge in [0.25, 0.3) is 0 Å². The maximum atomic E-state index is 5.72. The van der Waals surface area contributed by atoms with Crippen LogP contribution < -0.4 is 5.32 Å². The summed E-state index contributed by atoms with van der Waals surface area (Å²) in [5, 5.41) is 7.42. The molecule has 1 aliphatic rings. The predicted octanol–water partition coefficient (Wildman–Crippen LogP) is 3.05. The smallest absolute Gasteiger partial charge is 0.237 e. The standard InChI is InChI=1S/C18H25N3O2.ClH/c1-13-6-4-5-7-15(13)18(8-10-22-11-9-18)17-20-16(21-23-17)12-14(2)19-3;/h4-7,14,19H,8-12H2,1-3H3;1H. The Morgan fingerprint density at radius 1 is 1.25 bits per heavy atom. The molecule has 1 atom stereocenters. The van der Waals surface area contributed by atoms with Gasteiger partial charge in [-0.3, -0.25) is 0 Å². The van der Waals surface area contributed by atoms with E-state index in [1.807, 2.05) is 7.05 Å². The van der Waals surface area contributed by atoms with Gasteiger partial charge in [0.2, 0.25) is 5.89 Å². The normalized spacial score (nSPS) is 18.0. The SMILES string of the molecule is CNC(C)Cc1noc(C2(c3ccccc3C)CCOCC2)n1.Cl. The fourth-order valence-electron chi connectivity index (χ4n) is 3.34. The van der Waals surface area contributed by atoms with Crippen LogP contribution in [-0.4, -0.2) is 36.4 Å². The summed E-state index contributed by atoms with van der Waals surface area (Å²) in [5.74, 6) is 1.50. The highest BCUT2D eigenvalue weighted by Crippen LogP contribution is 2.41. The van der Waals surface area contributed by atoms with Gasteiger partial charge >= 0.3 is 0 Å². The Labute approximate surface area is 149 Å². The van der Waals surface area contributed by atoms with Gasteiger partial charge in [-0.05, 0) is 44.9 Å². The summed E-state index contributed by atoms with van der Waals surface area (Å²) in [6.07, 6.45) is 2.52. The van der Waals surface area contributed by atoms with E-state index in [1.54, 1.807) is 0 Å². The molecule has 5 nitrogen and oxygen atoms in total. The van der Waals surface area contributed by atoms with Crippen LogP contribution in [-0.2, 0) is 16.6 Å². The maximum Gasteiger partial charge on any atom is 0.237 e. The lowest BCUT2D eigenvalue weighted by atomic mass is 9.72. The molecule has 6 heteroatoms. The van der Waals surface area contributed by atoms with Gasteiger partial charge in [0, 0.05) is 25.7 Å². The third kappa shape index (κ3) is 3.63. The van der Waals surface area contributed by atoms with Gasteiger partial charge in [-0.15, -0.1) is 12.4 Å². The molecule has 2 heterocycles. The van der Waals surface area contributed by atoms with Crippen LogP contribution in [0, 0.1) is 6.92 Å². The molecule has 1 unspecified atom stereocenters. The predicted molar refractivity (Wildman–Crippen MR) is 95.8 cm³/mol. The lowest BCUT2D eigenvalue weighted by Gasteiger charge is -2.35. The molecule has 0 saturated carbocycles. The van der Waals surface area contributed by atoms with Crippen LogP contribution in [0.4, 0.5) is 0 Å². The molecule has 1 N–H and O–H groups in total. The average Bonchev–Trinajstić information content (AvgIpc) is 3.05. The van der Waals surface area contributed by atoms with Crippen molar-refractivity contribution in [2.45, 2.75) is 44.6 Å². The molecule has 1 aromatic heterocycles. The molecule has 132 valence electrons. The lowest BCUT2D eigenvalue weighted by Crippen LogP contribution is -2.36. The van der Waals surface area contributed by atoms with E-state index in [-0.39, 0.29) is 17.8 Å². The molecule has 1 aliphatic heterocycles. The second-order valence-corrected chi connectivity index (χ2v) is 6.42. The maximum absolute atomic E-state index is 5.72. The van der Waals surface area contributed by atoms with E-state index in [4.69, 9.17) is 14.2 Å². The number of hydrogen-bond acceptors (Lipinski definition) is 5. The Bertz CT molecular complexity index is 653. The molecular formula is C18H26ClN3O2. The number of aryl methyl sites for hydroxylation is 1. The molecular weight excluding hydrogens is 326 g/mol. The monoisotopic (exact) mass is 351 g/mol. The molecule has 1 saturated heterocycles. The van der Waals surface area contributed by atoms with Crippen molar-refractivity contribution >= 4 is 12.4 Å². The van der Waals surface area contributed by atoms with Crippen LogP contribution in [0.3, 0.4) is 0 Å². The number of nitrogens with one attached hydrogen (secondary N) is 1. The number of nitrogens with zero attached hydrogens (tertiary/aromatic N) is 2. The molecule has 2 aromatic rings. The molecule has 0 aliphatic carbocycles. The van der Waals surface area contributed by atoms with E-state index in [9.17, 15) is 0 Å². The molecule has 0 bridgehead atoms. The summed E-state index contributed by atoms with van der Waals surface area (Å²) >= 11 is 0. The summed E-state index contributed by atoms with van der Waals surface area (Å²) in [5.41, 5.74) is 2.32. The Kier molecular flexibility index (Phi) is 6.38. The zero-order valence-corrected chi connectivity index (χ0v) is 15.4. The van der Waals surface area contributed by atoms with Crippen LogP contribution >= 0.6 is 12.4 Å². The van der Waals surface area contributed by atoms with Gasteiger partial charge in [-0.2, -0.15) is 4.98 Å². The van der Waals surface area contributed by atoms with Crippen molar-refractivity contribution in [3.8, 4) is 0 Å². The highest BCUT2D eigenvalue weighted by atomic mass is 35.5. The van der Waals surface area contributed by atoms with E-state index in [2.05, 4.69) is 48.6 Å². The van der Waals surface area contributed by atoms with Crippen molar-refractivity contribution in [2.75, 3.05) is 20.3 Å². The summed E-state index contributed by atoms with van der Waals surface area (Å²) in [6, 6.07) is 8.80. The first-order valence-electron chi connectivity index (χ1n) is 8.30. The number of likely N-dealkylation sites (N-methyl/N-ethyl adjacent to an activating group) is 1. The zero-order valence-electron chi connectivity index (χ0n) is 14.5. The molecule has 1 fully saturated rings. The first-order chi connectivity index (χ1) is 11.2. The molecule has 0 spiro atoms. The van der Waals surface area contributed by atoms with Crippen LogP contribution in [0.25, 0.3) is 0 Å². The molecule has 1 aromatic carbocycles. The van der Waals surface area contributed by atoms with Crippen LogP contribution in [0.1, 0.15) is 42.6 Å². The fraction of sp³-hybridized carbons (Fsp3) is 0.556. The number of hydrogen-bond donors (Lipinski definition) is 1. The molecule has 0 radical (unpaired) electrons. The van der Waals surface area contributed by atoms with Crippen LogP contribution in [0.5, 0.6) is 0 Å². The minimum atomic E-state index is -0.224. The van der Waals surface area contributed by atoms with E-state index >= 15 is 0 Å². The average molecular weight is 352 g/mol. The number of benzene rings is 1. The van der Waals surface area contributed by atoms with Crippen molar-refractivity contribution in [3.63, 3.8) is 0 Å². The first-order valence-corrected chi connectivity index (χ1v) is 8.30. The minimum Gasteiger partial charge on any atom is -0.381 e. The summed E-state index contributed by atoms with van der Waals surface area (Å²) in [6.45, 7) is 5.70. The summed E-state index contributed by atoms with van der Waals surface area (Å²) < 4.78 is 11.3. The molecule has 24 heavy (non-hydrogen) atoms. The first kappa shape index (κ1) is 18.9. The van der Waals surface area contributed by atoms with Gasteiger partial charge in [-0.1, -0.05) is 29.4 Å². The minimum absolute atomic E-state index is 0. The summed E-state index contributed by atoms with van der Waals surface area (Å²) in [4.78, 5) is 4.74. The van der Waals surface area contributed by atoms with Crippen molar-refractivity contribution in [1.29, 1.82) is 0 Å². The lowest BCUT2D eigenvalue weighted by molar-refractivity contribution is 0.0521. The van der Waals surface area contributed by atoms with Crippen molar-refractivity contribution < 1.29 is 9.26 Å². The highest BCUT2D eigenvalue weighted by Gasteiger charge is 2.42. The summed E-state index contributed by atoms with van der Waals surface area (Å²) in [7, 11) is 1.94. The third-order valence-electron chi connectivity index (χ3n) is 4.87. The highest BCUT2D eigenvalue weighted by molar-refractivity contribution is 5.85. The van der Waals surface area contributed by atoms with E-state index in [1.165, 1.54) is 11.1 Å². The van der Waals surface area contributed by atoms with Crippen molar-refractivity contribution in [3.05, 3.63) is 47.1 Å². The second-order valence-electron chi connectivity index (χ2n) is 6.42. The van der Waals surface area contributed by atoms with Crippen molar-refractivity contribution in [1.82, 2.24) is 15.5 Å². The number of ether oxygens (including phenoxy) is 1. The molecule has 0 amide bonds. The van der Waals surface area contributed by atoms with Gasteiger partial charge in [0.15, 0.2) is 5.82 Å². The Hall–Kier alpha value is -1.43. The van der Waals surface area contributed by atoms with Gasteiger partial charge in [0.05, 0.1) is 5.41 Å². The van der Waals surface area contributed by atoms with Crippen LogP contribution in [0.2, 0.25) is 0 Å². The Morgan fingerprint density at radius 3 is 2.62 bits per heavy atom. The largest absolute Gasteiger partial charge is 0.381 e. The quantitative estimate of drug-likeness (QED) is 0.897. The van der Waals surface area contributed by atoms with E-state index in [0.717, 1.165) is 44.2 Å². The van der Waals surface area contributed by atoms with Gasteiger partial charge in [0.1, 0.15) is 0 Å². The number of halogens is 1. The van der Waals surface area contributed by atoms with Gasteiger partial charge in [-0.25, -0.2) is 0 Å². The van der Waals surface area contributed by atoms with E-state index in [0.29, 0.717) is 6.04 Å². The van der Waals surface area contributed by atoms with E-state index < -0.39 is 0 Å². The number of rotatable bonds is 5. The third-order valence-corrected chi connectivity index (χ3v) is 4.87. The Morgan fingerprint density at radius 2 is 1.96 bits per heavy atom.